The number of nitrogens with zero attached hydrogens (tertiary/aromatic N) is 2. The number of aromatic nitrogens is 1. The monoisotopic (exact) mass is 360 g/mol. The molecule has 0 radical (unpaired) electrons. The molecule has 25 heavy (non-hydrogen) atoms. The lowest BCUT2D eigenvalue weighted by atomic mass is 9.93. The Bertz CT molecular complexity index is 757. The maximum absolute atomic E-state index is 12.6. The van der Waals surface area contributed by atoms with Gasteiger partial charge >= 0.3 is 0 Å². The number of methoxy groups -OCH3 is 1. The molecule has 1 aromatic carbocycles. The molecular weight excluding hydrogens is 336 g/mol. The number of ether oxygens (including phenoxy) is 1. The summed E-state index contributed by atoms with van der Waals surface area (Å²) in [5, 5.41) is 1.52. The van der Waals surface area contributed by atoms with Crippen LogP contribution < -0.4 is 0 Å². The molecule has 134 valence electrons. The Kier molecular flexibility index (Phi) is 5.92. The molecule has 5 heteroatoms. The average Bonchev–Trinajstić information content (AvgIpc) is 2.61. The van der Waals surface area contributed by atoms with E-state index >= 15 is 0 Å². The fourth-order valence-electron chi connectivity index (χ4n) is 3.61. The van der Waals surface area contributed by atoms with Crippen LogP contribution in [0.15, 0.2) is 24.3 Å². The predicted molar refractivity (Wildman–Crippen MR) is 101 cm³/mol. The van der Waals surface area contributed by atoms with E-state index in [4.69, 9.17) is 16.3 Å². The van der Waals surface area contributed by atoms with Gasteiger partial charge in [0, 0.05) is 30.6 Å². The van der Waals surface area contributed by atoms with Crippen molar-refractivity contribution in [1.82, 2.24) is 9.88 Å². The van der Waals surface area contributed by atoms with E-state index in [0.29, 0.717) is 11.7 Å². The number of carbonyl (C=O) groups excluding carboxylic acids is 1. The van der Waals surface area contributed by atoms with Crippen molar-refractivity contribution >= 4 is 28.4 Å². The molecule has 0 aliphatic heterocycles. The largest absolute Gasteiger partial charge is 0.375 e. The van der Waals surface area contributed by atoms with Crippen molar-refractivity contribution in [2.24, 2.45) is 0 Å². The van der Waals surface area contributed by atoms with Crippen LogP contribution in [0.1, 0.15) is 43.2 Å². The third-order valence-corrected chi connectivity index (χ3v) is 5.27. The van der Waals surface area contributed by atoms with Gasteiger partial charge in [-0.25, -0.2) is 4.98 Å². The predicted octanol–water partition coefficient (Wildman–Crippen LogP) is 4.50. The first-order chi connectivity index (χ1) is 12.1. The summed E-state index contributed by atoms with van der Waals surface area (Å²) in [4.78, 5) is 19.1. The molecule has 0 spiro atoms. The minimum Gasteiger partial charge on any atom is -0.375 e. The molecular formula is C20H25ClN2O2. The van der Waals surface area contributed by atoms with Gasteiger partial charge in [-0.2, -0.15) is 0 Å². The fraction of sp³-hybridized carbons (Fsp3) is 0.500. The van der Waals surface area contributed by atoms with E-state index < -0.39 is 0 Å². The fourth-order valence-corrected chi connectivity index (χ4v) is 3.82. The Balaban J connectivity index is 1.89. The number of aryl methyl sites for hydroxylation is 1. The lowest BCUT2D eigenvalue weighted by Crippen LogP contribution is -2.42. The van der Waals surface area contributed by atoms with Crippen molar-refractivity contribution in [3.8, 4) is 0 Å². The Morgan fingerprint density at radius 1 is 1.28 bits per heavy atom. The molecule has 1 amide bonds. The van der Waals surface area contributed by atoms with E-state index in [1.807, 2.05) is 17.9 Å². The van der Waals surface area contributed by atoms with Crippen LogP contribution in [0.2, 0.25) is 5.15 Å². The number of hydrogen-bond acceptors (Lipinski definition) is 3. The summed E-state index contributed by atoms with van der Waals surface area (Å²) in [5.74, 6) is 0.0227. The van der Waals surface area contributed by atoms with Crippen LogP contribution in [-0.2, 0) is 16.1 Å². The lowest BCUT2D eigenvalue weighted by Gasteiger charge is -2.34. The smallest absolute Gasteiger partial charge is 0.249 e. The van der Waals surface area contributed by atoms with Crippen LogP contribution in [-0.4, -0.2) is 35.5 Å². The van der Waals surface area contributed by atoms with Crippen molar-refractivity contribution in [3.63, 3.8) is 0 Å². The number of pyridine rings is 1. The van der Waals surface area contributed by atoms with E-state index in [2.05, 4.69) is 23.2 Å². The highest BCUT2D eigenvalue weighted by Gasteiger charge is 2.26. The van der Waals surface area contributed by atoms with Crippen LogP contribution in [0.4, 0.5) is 0 Å². The highest BCUT2D eigenvalue weighted by atomic mass is 35.5. The van der Waals surface area contributed by atoms with Gasteiger partial charge in [0.05, 0.1) is 5.52 Å². The Labute approximate surface area is 154 Å². The van der Waals surface area contributed by atoms with Crippen molar-refractivity contribution in [1.29, 1.82) is 0 Å². The minimum absolute atomic E-state index is 0.0227. The standard InChI is InChI=1S/C20H25ClN2O2/c1-14-8-9-15-11-16(20(21)22-18(15)10-14)12-23(19(24)13-25-2)17-6-4-3-5-7-17/h8-11,17H,3-7,12-13H2,1-2H3. The Morgan fingerprint density at radius 2 is 2.04 bits per heavy atom. The Hall–Kier alpha value is -1.65. The topological polar surface area (TPSA) is 42.4 Å². The van der Waals surface area contributed by atoms with Gasteiger partial charge in [0.2, 0.25) is 5.91 Å². The first-order valence-electron chi connectivity index (χ1n) is 8.92. The number of amides is 1. The quantitative estimate of drug-likeness (QED) is 0.737. The van der Waals surface area contributed by atoms with Crippen LogP contribution in [0.3, 0.4) is 0 Å². The van der Waals surface area contributed by atoms with Gasteiger partial charge in [0.25, 0.3) is 0 Å². The van der Waals surface area contributed by atoms with Gasteiger partial charge in [-0.15, -0.1) is 0 Å². The number of hydrogen-bond donors (Lipinski definition) is 0. The maximum atomic E-state index is 12.6. The van der Waals surface area contributed by atoms with Crippen LogP contribution in [0, 0.1) is 6.92 Å². The van der Waals surface area contributed by atoms with E-state index in [-0.39, 0.29) is 18.6 Å². The summed E-state index contributed by atoms with van der Waals surface area (Å²) in [6.07, 6.45) is 5.69. The minimum atomic E-state index is 0.0227. The second-order valence-corrected chi connectivity index (χ2v) is 7.24. The molecule has 1 saturated carbocycles. The normalized spacial score (nSPS) is 15.5. The molecule has 0 unspecified atom stereocenters. The van der Waals surface area contributed by atoms with Crippen LogP contribution in [0.25, 0.3) is 10.9 Å². The van der Waals surface area contributed by atoms with E-state index in [1.54, 1.807) is 7.11 Å². The van der Waals surface area contributed by atoms with Crippen LogP contribution >= 0.6 is 11.6 Å². The number of fused-ring (bicyclic) bond motifs is 1. The molecule has 1 aliphatic rings. The summed E-state index contributed by atoms with van der Waals surface area (Å²) in [6.45, 7) is 2.63. The third kappa shape index (κ3) is 4.31. The molecule has 2 aromatic rings. The molecule has 1 heterocycles. The SMILES string of the molecule is COCC(=O)N(Cc1cc2ccc(C)cc2nc1Cl)C1CCCCC1. The molecule has 0 N–H and O–H groups in total. The van der Waals surface area contributed by atoms with Crippen molar-refractivity contribution < 1.29 is 9.53 Å². The highest BCUT2D eigenvalue weighted by molar-refractivity contribution is 6.30. The van der Waals surface area contributed by atoms with Gasteiger partial charge < -0.3 is 9.64 Å². The average molecular weight is 361 g/mol. The summed E-state index contributed by atoms with van der Waals surface area (Å²) in [7, 11) is 1.56. The van der Waals surface area contributed by atoms with E-state index in [0.717, 1.165) is 34.9 Å². The van der Waals surface area contributed by atoms with Crippen molar-refractivity contribution in [2.45, 2.75) is 51.6 Å². The highest BCUT2D eigenvalue weighted by Crippen LogP contribution is 2.27. The zero-order chi connectivity index (χ0) is 17.8. The van der Waals surface area contributed by atoms with Gasteiger partial charge in [0.15, 0.2) is 0 Å². The summed E-state index contributed by atoms with van der Waals surface area (Å²) in [6, 6.07) is 8.47. The van der Waals surface area contributed by atoms with Crippen molar-refractivity contribution in [3.05, 3.63) is 40.5 Å². The molecule has 0 atom stereocenters. The van der Waals surface area contributed by atoms with Gasteiger partial charge in [-0.05, 0) is 37.5 Å². The zero-order valence-corrected chi connectivity index (χ0v) is 15.7. The van der Waals surface area contributed by atoms with Crippen LogP contribution in [0.5, 0.6) is 0 Å². The molecule has 1 fully saturated rings. The number of halogens is 1. The van der Waals surface area contributed by atoms with Crippen molar-refractivity contribution in [2.75, 3.05) is 13.7 Å². The zero-order valence-electron chi connectivity index (χ0n) is 14.9. The summed E-state index contributed by atoms with van der Waals surface area (Å²) < 4.78 is 5.09. The second-order valence-electron chi connectivity index (χ2n) is 6.88. The molecule has 4 nitrogen and oxygen atoms in total. The second kappa shape index (κ2) is 8.15. The van der Waals surface area contributed by atoms with Gasteiger partial charge in [-0.3, -0.25) is 4.79 Å². The van der Waals surface area contributed by atoms with Gasteiger partial charge in [0.1, 0.15) is 11.8 Å². The molecule has 1 aliphatic carbocycles. The van der Waals surface area contributed by atoms with Gasteiger partial charge in [-0.1, -0.05) is 43.0 Å². The Morgan fingerprint density at radius 3 is 2.76 bits per heavy atom. The summed E-state index contributed by atoms with van der Waals surface area (Å²) >= 11 is 6.44. The summed E-state index contributed by atoms with van der Waals surface area (Å²) in [5.41, 5.74) is 2.94. The van der Waals surface area contributed by atoms with E-state index in [1.165, 1.54) is 19.3 Å². The maximum Gasteiger partial charge on any atom is 0.249 e. The number of rotatable bonds is 5. The molecule has 0 saturated heterocycles. The molecule has 3 rings (SSSR count). The third-order valence-electron chi connectivity index (χ3n) is 4.94. The first kappa shape index (κ1) is 18.2. The van der Waals surface area contributed by atoms with E-state index in [9.17, 15) is 4.79 Å². The number of benzene rings is 1. The first-order valence-corrected chi connectivity index (χ1v) is 9.30. The number of carbonyl (C=O) groups is 1. The molecule has 0 bridgehead atoms. The lowest BCUT2D eigenvalue weighted by molar-refractivity contribution is -0.139. The molecule has 1 aromatic heterocycles.